The van der Waals surface area contributed by atoms with E-state index in [2.05, 4.69) is 41.2 Å². The summed E-state index contributed by atoms with van der Waals surface area (Å²) in [6, 6.07) is 2.20. The van der Waals surface area contributed by atoms with Crippen LogP contribution in [0, 0.1) is 17.2 Å². The number of nitrogens with zero attached hydrogens (tertiary/aromatic N) is 1. The van der Waals surface area contributed by atoms with E-state index in [1.807, 2.05) is 20.0 Å². The third kappa shape index (κ3) is 3.97. The standard InChI is InChI=1S/C11H17BrN2/c1-5-8(2)10(9(3)7-13)6-11(12)14-4/h6,8,14H,5H2,1-4H3/b10-9-,11-6-. The number of nitrogens with one attached hydrogen (secondary N) is 1. The van der Waals surface area contributed by atoms with Crippen molar-refractivity contribution in [2.45, 2.75) is 27.2 Å². The van der Waals surface area contributed by atoms with Gasteiger partial charge in [-0.05, 0) is 46.8 Å². The molecule has 0 aromatic rings. The van der Waals surface area contributed by atoms with Gasteiger partial charge >= 0.3 is 0 Å². The van der Waals surface area contributed by atoms with E-state index in [-0.39, 0.29) is 0 Å². The van der Waals surface area contributed by atoms with Crippen LogP contribution < -0.4 is 5.32 Å². The number of hydrogen-bond acceptors (Lipinski definition) is 2. The molecule has 0 fully saturated rings. The van der Waals surface area contributed by atoms with Gasteiger partial charge in [-0.25, -0.2) is 0 Å². The van der Waals surface area contributed by atoms with Gasteiger partial charge < -0.3 is 5.32 Å². The number of halogens is 1. The van der Waals surface area contributed by atoms with E-state index in [0.29, 0.717) is 5.92 Å². The van der Waals surface area contributed by atoms with Gasteiger partial charge in [-0.1, -0.05) is 13.8 Å². The third-order valence-corrected chi connectivity index (χ3v) is 2.89. The molecule has 0 rings (SSSR count). The Morgan fingerprint density at radius 1 is 1.64 bits per heavy atom. The molecule has 0 aliphatic rings. The highest BCUT2D eigenvalue weighted by molar-refractivity contribution is 9.11. The Morgan fingerprint density at radius 3 is 2.57 bits per heavy atom. The van der Waals surface area contributed by atoms with Crippen LogP contribution in [0.1, 0.15) is 27.2 Å². The highest BCUT2D eigenvalue weighted by Gasteiger charge is 2.08. The van der Waals surface area contributed by atoms with Gasteiger partial charge in [0.25, 0.3) is 0 Å². The van der Waals surface area contributed by atoms with Gasteiger partial charge in [0.05, 0.1) is 10.7 Å². The summed E-state index contributed by atoms with van der Waals surface area (Å²) in [5.74, 6) is 0.413. The van der Waals surface area contributed by atoms with Gasteiger partial charge in [-0.15, -0.1) is 0 Å². The second-order valence-corrected chi connectivity index (χ2v) is 4.10. The topological polar surface area (TPSA) is 35.8 Å². The van der Waals surface area contributed by atoms with E-state index in [9.17, 15) is 0 Å². The Bertz CT molecular complexity index is 284. The molecule has 0 saturated carbocycles. The molecule has 14 heavy (non-hydrogen) atoms. The second-order valence-electron chi connectivity index (χ2n) is 3.24. The van der Waals surface area contributed by atoms with Gasteiger partial charge in [0.1, 0.15) is 0 Å². The molecule has 0 aromatic carbocycles. The van der Waals surface area contributed by atoms with Gasteiger partial charge in [-0.2, -0.15) is 5.26 Å². The van der Waals surface area contributed by atoms with Crippen LogP contribution in [0.25, 0.3) is 0 Å². The zero-order chi connectivity index (χ0) is 11.1. The lowest BCUT2D eigenvalue weighted by Crippen LogP contribution is -2.03. The fourth-order valence-corrected chi connectivity index (χ4v) is 1.36. The lowest BCUT2D eigenvalue weighted by molar-refractivity contribution is 0.665. The molecule has 0 saturated heterocycles. The van der Waals surface area contributed by atoms with Crippen molar-refractivity contribution in [3.05, 3.63) is 21.8 Å². The Balaban J connectivity index is 5.06. The maximum atomic E-state index is 8.86. The molecule has 0 spiro atoms. The molecule has 0 aromatic heterocycles. The molecule has 3 heteroatoms. The van der Waals surface area contributed by atoms with Crippen LogP contribution in [0.2, 0.25) is 0 Å². The van der Waals surface area contributed by atoms with Crippen LogP contribution in [0.4, 0.5) is 0 Å². The SMILES string of the molecule is CCC(C)C(/C=C(/Br)NC)=C(/C)C#N. The first kappa shape index (κ1) is 13.2. The second kappa shape index (κ2) is 6.67. The molecule has 0 heterocycles. The van der Waals surface area contributed by atoms with Gasteiger partial charge in [0.15, 0.2) is 0 Å². The van der Waals surface area contributed by atoms with Crippen molar-refractivity contribution in [3.63, 3.8) is 0 Å². The van der Waals surface area contributed by atoms with Crippen LogP contribution in [0.15, 0.2) is 21.8 Å². The molecule has 1 unspecified atom stereocenters. The van der Waals surface area contributed by atoms with Crippen molar-refractivity contribution in [2.24, 2.45) is 5.92 Å². The number of rotatable bonds is 4. The van der Waals surface area contributed by atoms with E-state index < -0.39 is 0 Å². The lowest BCUT2D eigenvalue weighted by atomic mass is 9.94. The summed E-state index contributed by atoms with van der Waals surface area (Å²) in [6.45, 7) is 6.10. The van der Waals surface area contributed by atoms with Crippen LogP contribution >= 0.6 is 15.9 Å². The molecular formula is C11H17BrN2. The molecule has 1 atom stereocenters. The fourth-order valence-electron chi connectivity index (χ4n) is 1.11. The first-order valence-corrected chi connectivity index (χ1v) is 5.51. The van der Waals surface area contributed by atoms with Crippen molar-refractivity contribution in [1.82, 2.24) is 5.32 Å². The lowest BCUT2D eigenvalue weighted by Gasteiger charge is -2.12. The van der Waals surface area contributed by atoms with Crippen LogP contribution in [-0.2, 0) is 0 Å². The van der Waals surface area contributed by atoms with E-state index in [4.69, 9.17) is 5.26 Å². The molecule has 0 bridgehead atoms. The third-order valence-electron chi connectivity index (χ3n) is 2.27. The summed E-state index contributed by atoms with van der Waals surface area (Å²) in [5.41, 5.74) is 1.88. The summed E-state index contributed by atoms with van der Waals surface area (Å²) in [7, 11) is 1.84. The maximum Gasteiger partial charge on any atom is 0.0947 e. The van der Waals surface area contributed by atoms with Crippen LogP contribution in [0.5, 0.6) is 0 Å². The van der Waals surface area contributed by atoms with Crippen molar-refractivity contribution < 1.29 is 0 Å². The molecule has 0 amide bonds. The monoisotopic (exact) mass is 256 g/mol. The maximum absolute atomic E-state index is 8.86. The van der Waals surface area contributed by atoms with Crippen LogP contribution in [0.3, 0.4) is 0 Å². The minimum absolute atomic E-state index is 0.413. The molecule has 0 radical (unpaired) electrons. The molecule has 0 aliphatic carbocycles. The summed E-state index contributed by atoms with van der Waals surface area (Å²) in [5, 5.41) is 11.8. The van der Waals surface area contributed by atoms with Crippen LogP contribution in [-0.4, -0.2) is 7.05 Å². The zero-order valence-electron chi connectivity index (χ0n) is 9.19. The average Bonchev–Trinajstić information content (AvgIpc) is 2.23. The molecule has 0 aliphatic heterocycles. The number of allylic oxidation sites excluding steroid dienone is 3. The number of hydrogen-bond donors (Lipinski definition) is 1. The van der Waals surface area contributed by atoms with E-state index in [1.54, 1.807) is 0 Å². The molecule has 78 valence electrons. The van der Waals surface area contributed by atoms with E-state index >= 15 is 0 Å². The summed E-state index contributed by atoms with van der Waals surface area (Å²) >= 11 is 3.38. The first-order chi connectivity index (χ1) is 6.56. The predicted octanol–water partition coefficient (Wildman–Crippen LogP) is 3.33. The van der Waals surface area contributed by atoms with Crippen molar-refractivity contribution in [1.29, 1.82) is 5.26 Å². The Morgan fingerprint density at radius 2 is 2.21 bits per heavy atom. The highest BCUT2D eigenvalue weighted by atomic mass is 79.9. The molecule has 1 N–H and O–H groups in total. The van der Waals surface area contributed by atoms with Gasteiger partial charge in [-0.3, -0.25) is 0 Å². The van der Waals surface area contributed by atoms with E-state index in [1.165, 1.54) is 0 Å². The minimum Gasteiger partial charge on any atom is -0.382 e. The Hall–Kier alpha value is -0.750. The average molecular weight is 257 g/mol. The zero-order valence-corrected chi connectivity index (χ0v) is 10.8. The Labute approximate surface area is 94.8 Å². The highest BCUT2D eigenvalue weighted by Crippen LogP contribution is 2.21. The first-order valence-electron chi connectivity index (χ1n) is 4.72. The minimum atomic E-state index is 0.413. The summed E-state index contributed by atoms with van der Waals surface area (Å²) in [4.78, 5) is 0. The van der Waals surface area contributed by atoms with E-state index in [0.717, 1.165) is 22.2 Å². The molecular weight excluding hydrogens is 240 g/mol. The van der Waals surface area contributed by atoms with Gasteiger partial charge in [0, 0.05) is 12.6 Å². The van der Waals surface area contributed by atoms with Crippen molar-refractivity contribution >= 4 is 15.9 Å². The molecule has 2 nitrogen and oxygen atoms in total. The normalized spacial score (nSPS) is 15.6. The number of nitriles is 1. The fraction of sp³-hybridized carbons (Fsp3) is 0.545. The largest absolute Gasteiger partial charge is 0.382 e. The predicted molar refractivity (Wildman–Crippen MR) is 63.8 cm³/mol. The summed E-state index contributed by atoms with van der Waals surface area (Å²) in [6.07, 6.45) is 3.02. The Kier molecular flexibility index (Phi) is 6.31. The smallest absolute Gasteiger partial charge is 0.0947 e. The van der Waals surface area contributed by atoms with Crippen molar-refractivity contribution in [2.75, 3.05) is 7.05 Å². The van der Waals surface area contributed by atoms with Gasteiger partial charge in [0.2, 0.25) is 0 Å². The van der Waals surface area contributed by atoms with Crippen molar-refractivity contribution in [3.8, 4) is 6.07 Å². The summed E-state index contributed by atoms with van der Waals surface area (Å²) < 4.78 is 0.905. The quantitative estimate of drug-likeness (QED) is 0.476.